The monoisotopic (exact) mass is 419 g/mol. The van der Waals surface area contributed by atoms with Crippen molar-refractivity contribution in [3.63, 3.8) is 0 Å². The second-order valence-corrected chi connectivity index (χ2v) is 7.95. The Bertz CT molecular complexity index is 1010. The summed E-state index contributed by atoms with van der Waals surface area (Å²) in [6, 6.07) is 17.5. The molecule has 0 saturated carbocycles. The number of aromatic nitrogens is 2. The van der Waals surface area contributed by atoms with Gasteiger partial charge >= 0.3 is 0 Å². The van der Waals surface area contributed by atoms with Gasteiger partial charge in [0.25, 0.3) is 5.91 Å². The molecule has 1 aliphatic rings. The summed E-state index contributed by atoms with van der Waals surface area (Å²) >= 11 is 0. The van der Waals surface area contributed by atoms with Gasteiger partial charge in [-0.15, -0.1) is 0 Å². The number of carbonyl (C=O) groups excluding carboxylic acids is 1. The average Bonchev–Trinajstić information content (AvgIpc) is 3.40. The fourth-order valence-electron chi connectivity index (χ4n) is 3.84. The summed E-state index contributed by atoms with van der Waals surface area (Å²) in [5.41, 5.74) is 4.87. The number of nitrogens with one attached hydrogen (secondary N) is 1. The molecule has 0 bridgehead atoms. The van der Waals surface area contributed by atoms with Crippen LogP contribution in [0.1, 0.15) is 45.7 Å². The first kappa shape index (κ1) is 21.1. The van der Waals surface area contributed by atoms with Gasteiger partial charge in [0.1, 0.15) is 12.4 Å². The summed E-state index contributed by atoms with van der Waals surface area (Å²) in [6.45, 7) is 6.56. The highest BCUT2D eigenvalue weighted by Crippen LogP contribution is 2.18. The molecule has 162 valence electrons. The Morgan fingerprint density at radius 2 is 1.94 bits per heavy atom. The summed E-state index contributed by atoms with van der Waals surface area (Å²) in [4.78, 5) is 12.6. The fourth-order valence-corrected chi connectivity index (χ4v) is 3.84. The van der Waals surface area contributed by atoms with Gasteiger partial charge in [0, 0.05) is 30.0 Å². The molecule has 4 rings (SSSR count). The number of aryl methyl sites for hydroxylation is 1. The van der Waals surface area contributed by atoms with Crippen LogP contribution in [0.25, 0.3) is 0 Å². The molecule has 0 aliphatic carbocycles. The number of carbonyl (C=O) groups is 1. The number of hydrogen-bond acceptors (Lipinski definition) is 4. The number of hydrogen-bond donors (Lipinski definition) is 1. The lowest BCUT2D eigenvalue weighted by atomic mass is 10.1. The van der Waals surface area contributed by atoms with E-state index < -0.39 is 0 Å². The molecule has 2 heterocycles. The first-order valence-corrected chi connectivity index (χ1v) is 10.8. The maximum atomic E-state index is 12.6. The third-order valence-corrected chi connectivity index (χ3v) is 5.71. The van der Waals surface area contributed by atoms with Gasteiger partial charge in [-0.3, -0.25) is 9.48 Å². The summed E-state index contributed by atoms with van der Waals surface area (Å²) in [7, 11) is 0. The predicted octanol–water partition coefficient (Wildman–Crippen LogP) is 4.04. The van der Waals surface area contributed by atoms with Gasteiger partial charge in [0.05, 0.1) is 18.3 Å². The van der Waals surface area contributed by atoms with Crippen molar-refractivity contribution >= 4 is 5.91 Å². The van der Waals surface area contributed by atoms with Crippen LogP contribution in [0.15, 0.2) is 54.6 Å². The zero-order chi connectivity index (χ0) is 21.6. The van der Waals surface area contributed by atoms with E-state index in [1.54, 1.807) is 12.1 Å². The van der Waals surface area contributed by atoms with Gasteiger partial charge < -0.3 is 14.8 Å². The first-order chi connectivity index (χ1) is 15.1. The molecular weight excluding hydrogens is 390 g/mol. The molecule has 1 aromatic heterocycles. The standard InChI is InChI=1S/C25H29N3O3/c1-18-24(19(2)28(27-18)16-20-7-4-3-5-8-20)15-26-25(29)21-10-12-22(13-11-21)31-17-23-9-6-14-30-23/h3-5,7-8,10-13,23H,6,9,14-17H2,1-2H3,(H,26,29)/t23-/m0/s1. The van der Waals surface area contributed by atoms with E-state index in [4.69, 9.17) is 9.47 Å². The highest BCUT2D eigenvalue weighted by Gasteiger charge is 2.16. The van der Waals surface area contributed by atoms with Crippen LogP contribution in [0.3, 0.4) is 0 Å². The van der Waals surface area contributed by atoms with E-state index in [0.29, 0.717) is 18.7 Å². The van der Waals surface area contributed by atoms with Crippen LogP contribution in [-0.4, -0.2) is 35.0 Å². The van der Waals surface area contributed by atoms with Crippen molar-refractivity contribution in [1.29, 1.82) is 0 Å². The number of amides is 1. The lowest BCUT2D eigenvalue weighted by Crippen LogP contribution is -2.23. The highest BCUT2D eigenvalue weighted by molar-refractivity contribution is 5.94. The summed E-state index contributed by atoms with van der Waals surface area (Å²) in [5, 5.41) is 7.68. The lowest BCUT2D eigenvalue weighted by Gasteiger charge is -2.12. The second kappa shape index (κ2) is 9.79. The molecule has 0 radical (unpaired) electrons. The Morgan fingerprint density at radius 1 is 1.16 bits per heavy atom. The highest BCUT2D eigenvalue weighted by atomic mass is 16.5. The maximum Gasteiger partial charge on any atom is 0.251 e. The van der Waals surface area contributed by atoms with Gasteiger partial charge in [-0.1, -0.05) is 30.3 Å². The molecule has 3 aromatic rings. The normalized spacial score (nSPS) is 15.7. The maximum absolute atomic E-state index is 12.6. The smallest absolute Gasteiger partial charge is 0.251 e. The van der Waals surface area contributed by atoms with Gasteiger partial charge in [0.2, 0.25) is 0 Å². The van der Waals surface area contributed by atoms with Crippen molar-refractivity contribution in [2.24, 2.45) is 0 Å². The quantitative estimate of drug-likeness (QED) is 0.599. The van der Waals surface area contributed by atoms with E-state index in [-0.39, 0.29) is 12.0 Å². The molecule has 31 heavy (non-hydrogen) atoms. The molecule has 1 amide bonds. The minimum atomic E-state index is -0.111. The van der Waals surface area contributed by atoms with Crippen molar-refractivity contribution in [2.45, 2.75) is 45.9 Å². The van der Waals surface area contributed by atoms with Crippen molar-refractivity contribution < 1.29 is 14.3 Å². The first-order valence-electron chi connectivity index (χ1n) is 10.8. The van der Waals surface area contributed by atoms with Gasteiger partial charge in [-0.25, -0.2) is 0 Å². The zero-order valence-electron chi connectivity index (χ0n) is 18.1. The average molecular weight is 420 g/mol. The van der Waals surface area contributed by atoms with Crippen molar-refractivity contribution in [3.05, 3.63) is 82.7 Å². The molecule has 1 fully saturated rings. The van der Waals surface area contributed by atoms with Crippen LogP contribution in [0.4, 0.5) is 0 Å². The van der Waals surface area contributed by atoms with Crippen LogP contribution in [0.5, 0.6) is 5.75 Å². The van der Waals surface area contributed by atoms with Gasteiger partial charge in [-0.2, -0.15) is 5.10 Å². The predicted molar refractivity (Wildman–Crippen MR) is 119 cm³/mol. The Labute approximate surface area is 183 Å². The molecule has 1 atom stereocenters. The molecular formula is C25H29N3O3. The molecule has 1 N–H and O–H groups in total. The zero-order valence-corrected chi connectivity index (χ0v) is 18.1. The molecule has 6 heteroatoms. The van der Waals surface area contributed by atoms with Crippen LogP contribution in [0.2, 0.25) is 0 Å². The Morgan fingerprint density at radius 3 is 2.65 bits per heavy atom. The molecule has 1 aliphatic heterocycles. The van der Waals surface area contributed by atoms with Crippen molar-refractivity contribution in [2.75, 3.05) is 13.2 Å². The molecule has 0 spiro atoms. The summed E-state index contributed by atoms with van der Waals surface area (Å²) in [5.74, 6) is 0.640. The summed E-state index contributed by atoms with van der Waals surface area (Å²) < 4.78 is 13.3. The minimum Gasteiger partial charge on any atom is -0.491 e. The number of nitrogens with zero attached hydrogens (tertiary/aromatic N) is 2. The third-order valence-electron chi connectivity index (χ3n) is 5.71. The number of rotatable bonds is 8. The Hall–Kier alpha value is -3.12. The van der Waals surface area contributed by atoms with Crippen LogP contribution < -0.4 is 10.1 Å². The van der Waals surface area contributed by atoms with Crippen molar-refractivity contribution in [3.8, 4) is 5.75 Å². The van der Waals surface area contributed by atoms with E-state index in [0.717, 1.165) is 48.7 Å². The summed E-state index contributed by atoms with van der Waals surface area (Å²) in [6.07, 6.45) is 2.32. The van der Waals surface area contributed by atoms with E-state index >= 15 is 0 Å². The van der Waals surface area contributed by atoms with E-state index in [1.165, 1.54) is 5.56 Å². The van der Waals surface area contributed by atoms with Crippen LogP contribution >= 0.6 is 0 Å². The molecule has 1 saturated heterocycles. The van der Waals surface area contributed by atoms with Crippen molar-refractivity contribution in [1.82, 2.24) is 15.1 Å². The largest absolute Gasteiger partial charge is 0.491 e. The Kier molecular flexibility index (Phi) is 6.67. The number of ether oxygens (including phenoxy) is 2. The lowest BCUT2D eigenvalue weighted by molar-refractivity contribution is 0.0679. The van der Waals surface area contributed by atoms with Crippen LogP contribution in [-0.2, 0) is 17.8 Å². The Balaban J connectivity index is 1.33. The molecule has 2 aromatic carbocycles. The molecule has 0 unspecified atom stereocenters. The topological polar surface area (TPSA) is 65.4 Å². The van der Waals surface area contributed by atoms with Crippen LogP contribution in [0, 0.1) is 13.8 Å². The number of benzene rings is 2. The fraction of sp³-hybridized carbons (Fsp3) is 0.360. The van der Waals surface area contributed by atoms with E-state index in [2.05, 4.69) is 22.5 Å². The third kappa shape index (κ3) is 5.33. The minimum absolute atomic E-state index is 0.111. The van der Waals surface area contributed by atoms with Gasteiger partial charge in [-0.05, 0) is 56.5 Å². The molecule has 6 nitrogen and oxygen atoms in total. The second-order valence-electron chi connectivity index (χ2n) is 7.95. The van der Waals surface area contributed by atoms with E-state index in [9.17, 15) is 4.79 Å². The SMILES string of the molecule is Cc1nn(Cc2ccccc2)c(C)c1CNC(=O)c1ccc(OC[C@@H]2CCCO2)cc1. The van der Waals surface area contributed by atoms with E-state index in [1.807, 2.05) is 48.9 Å². The van der Waals surface area contributed by atoms with Gasteiger partial charge in [0.15, 0.2) is 0 Å².